The third-order valence-electron chi connectivity index (χ3n) is 5.60. The van der Waals surface area contributed by atoms with Crippen LogP contribution < -0.4 is 5.32 Å². The largest absolute Gasteiger partial charge is 0.352 e. The third kappa shape index (κ3) is 4.33. The lowest BCUT2D eigenvalue weighted by molar-refractivity contribution is -0.144. The van der Waals surface area contributed by atoms with Gasteiger partial charge in [0.1, 0.15) is 6.04 Å². The molecule has 3 amide bonds. The van der Waals surface area contributed by atoms with Crippen molar-refractivity contribution in [1.29, 1.82) is 0 Å². The van der Waals surface area contributed by atoms with Crippen molar-refractivity contribution in [1.82, 2.24) is 15.1 Å². The average Bonchev–Trinajstić information content (AvgIpc) is 2.95. The predicted molar refractivity (Wildman–Crippen MR) is 96.8 cm³/mol. The Morgan fingerprint density at radius 2 is 1.80 bits per heavy atom. The van der Waals surface area contributed by atoms with E-state index in [2.05, 4.69) is 5.32 Å². The zero-order valence-corrected chi connectivity index (χ0v) is 16.3. The second-order valence-electron chi connectivity index (χ2n) is 8.28. The van der Waals surface area contributed by atoms with Crippen LogP contribution >= 0.6 is 0 Å². The molecule has 0 aromatic carbocycles. The summed E-state index contributed by atoms with van der Waals surface area (Å²) in [4.78, 5) is 41.1. The number of piperidine rings is 1. The lowest BCUT2D eigenvalue weighted by atomic mass is 9.87. The summed E-state index contributed by atoms with van der Waals surface area (Å²) in [6.07, 6.45) is 3.36. The summed E-state index contributed by atoms with van der Waals surface area (Å²) in [5.74, 6) is 0.212. The van der Waals surface area contributed by atoms with E-state index in [1.165, 1.54) is 0 Å². The SMILES string of the molecule is CCC(C)(C)C(=O)N1CCC(N2C(=O)CCC2C(=O)NC(C)C)CC1. The normalized spacial score (nSPS) is 22.6. The minimum atomic E-state index is -0.353. The zero-order valence-electron chi connectivity index (χ0n) is 16.3. The Morgan fingerprint density at radius 1 is 1.20 bits per heavy atom. The summed E-state index contributed by atoms with van der Waals surface area (Å²) in [5.41, 5.74) is -0.337. The van der Waals surface area contributed by atoms with Gasteiger partial charge in [-0.25, -0.2) is 0 Å². The molecule has 1 unspecified atom stereocenters. The van der Waals surface area contributed by atoms with E-state index in [1.807, 2.05) is 39.5 Å². The second kappa shape index (κ2) is 7.75. The molecule has 2 rings (SSSR count). The van der Waals surface area contributed by atoms with Gasteiger partial charge < -0.3 is 15.1 Å². The quantitative estimate of drug-likeness (QED) is 0.823. The molecular formula is C19H33N3O3. The first-order valence-electron chi connectivity index (χ1n) is 9.58. The molecule has 0 aliphatic carbocycles. The number of hydrogen-bond acceptors (Lipinski definition) is 3. The lowest BCUT2D eigenvalue weighted by Gasteiger charge is -2.41. The van der Waals surface area contributed by atoms with Gasteiger partial charge in [-0.2, -0.15) is 0 Å². The summed E-state index contributed by atoms with van der Waals surface area (Å²) >= 11 is 0. The molecule has 2 heterocycles. The fraction of sp³-hybridized carbons (Fsp3) is 0.842. The van der Waals surface area contributed by atoms with Crippen LogP contribution in [0, 0.1) is 5.41 Å². The molecule has 1 N–H and O–H groups in total. The van der Waals surface area contributed by atoms with E-state index in [4.69, 9.17) is 0 Å². The first kappa shape index (κ1) is 19.7. The molecule has 0 saturated carbocycles. The monoisotopic (exact) mass is 351 g/mol. The molecule has 2 aliphatic heterocycles. The van der Waals surface area contributed by atoms with E-state index in [1.54, 1.807) is 4.90 Å². The van der Waals surface area contributed by atoms with Crippen LogP contribution in [0.5, 0.6) is 0 Å². The Balaban J connectivity index is 1.99. The number of carbonyl (C=O) groups is 3. The first-order valence-corrected chi connectivity index (χ1v) is 9.58. The maximum atomic E-state index is 12.6. The van der Waals surface area contributed by atoms with Gasteiger partial charge >= 0.3 is 0 Å². The van der Waals surface area contributed by atoms with Gasteiger partial charge in [0, 0.05) is 37.0 Å². The maximum Gasteiger partial charge on any atom is 0.243 e. The highest BCUT2D eigenvalue weighted by atomic mass is 16.2. The molecule has 0 aromatic heterocycles. The molecule has 2 fully saturated rings. The van der Waals surface area contributed by atoms with Crippen molar-refractivity contribution in [2.75, 3.05) is 13.1 Å². The molecule has 2 saturated heterocycles. The van der Waals surface area contributed by atoms with Crippen LogP contribution in [0.3, 0.4) is 0 Å². The van der Waals surface area contributed by atoms with Crippen molar-refractivity contribution in [2.45, 2.75) is 84.8 Å². The van der Waals surface area contributed by atoms with Gasteiger partial charge in [-0.15, -0.1) is 0 Å². The molecule has 6 heteroatoms. The van der Waals surface area contributed by atoms with Crippen molar-refractivity contribution in [3.05, 3.63) is 0 Å². The van der Waals surface area contributed by atoms with Gasteiger partial charge in [-0.3, -0.25) is 14.4 Å². The van der Waals surface area contributed by atoms with Crippen molar-refractivity contribution < 1.29 is 14.4 Å². The Hall–Kier alpha value is -1.59. The van der Waals surface area contributed by atoms with E-state index < -0.39 is 0 Å². The molecular weight excluding hydrogens is 318 g/mol. The lowest BCUT2D eigenvalue weighted by Crippen LogP contribution is -2.55. The van der Waals surface area contributed by atoms with Gasteiger partial charge in [-0.05, 0) is 39.5 Å². The van der Waals surface area contributed by atoms with E-state index in [-0.39, 0.29) is 41.3 Å². The van der Waals surface area contributed by atoms with Gasteiger partial charge in [0.15, 0.2) is 0 Å². The summed E-state index contributed by atoms with van der Waals surface area (Å²) in [5, 5.41) is 2.93. The Bertz CT molecular complexity index is 522. The third-order valence-corrected chi connectivity index (χ3v) is 5.60. The van der Waals surface area contributed by atoms with Crippen LogP contribution in [0.25, 0.3) is 0 Å². The number of amides is 3. The minimum Gasteiger partial charge on any atom is -0.352 e. The molecule has 0 aromatic rings. The smallest absolute Gasteiger partial charge is 0.243 e. The van der Waals surface area contributed by atoms with Gasteiger partial charge in [0.25, 0.3) is 0 Å². The van der Waals surface area contributed by atoms with Crippen LogP contribution in [0.1, 0.15) is 66.7 Å². The van der Waals surface area contributed by atoms with E-state index in [9.17, 15) is 14.4 Å². The Morgan fingerprint density at radius 3 is 2.32 bits per heavy atom. The highest BCUT2D eigenvalue weighted by molar-refractivity contribution is 5.91. The highest BCUT2D eigenvalue weighted by Crippen LogP contribution is 2.30. The first-order chi connectivity index (χ1) is 11.7. The fourth-order valence-electron chi connectivity index (χ4n) is 3.72. The van der Waals surface area contributed by atoms with E-state index >= 15 is 0 Å². The van der Waals surface area contributed by atoms with Crippen LogP contribution in [-0.2, 0) is 14.4 Å². The summed E-state index contributed by atoms with van der Waals surface area (Å²) in [6, 6.07) is -0.221. The topological polar surface area (TPSA) is 69.7 Å². The molecule has 6 nitrogen and oxygen atoms in total. The van der Waals surface area contributed by atoms with Crippen molar-refractivity contribution in [2.24, 2.45) is 5.41 Å². The predicted octanol–water partition coefficient (Wildman–Crippen LogP) is 1.93. The second-order valence-corrected chi connectivity index (χ2v) is 8.28. The van der Waals surface area contributed by atoms with E-state index in [0.29, 0.717) is 25.9 Å². The standard InChI is InChI=1S/C19H33N3O3/c1-6-19(4,5)18(25)21-11-9-14(10-12-21)22-15(7-8-16(22)23)17(24)20-13(2)3/h13-15H,6-12H2,1-5H3,(H,20,24). The van der Waals surface area contributed by atoms with Crippen LogP contribution in [-0.4, -0.2) is 58.7 Å². The van der Waals surface area contributed by atoms with E-state index in [0.717, 1.165) is 19.3 Å². The Labute approximate surface area is 151 Å². The number of nitrogens with one attached hydrogen (secondary N) is 1. The maximum absolute atomic E-state index is 12.6. The highest BCUT2D eigenvalue weighted by Gasteiger charge is 2.42. The number of likely N-dealkylation sites (tertiary alicyclic amines) is 2. The fourth-order valence-corrected chi connectivity index (χ4v) is 3.72. The van der Waals surface area contributed by atoms with Gasteiger partial charge in [-0.1, -0.05) is 20.8 Å². The summed E-state index contributed by atoms with van der Waals surface area (Å²) in [7, 11) is 0. The van der Waals surface area contributed by atoms with Crippen molar-refractivity contribution >= 4 is 17.7 Å². The molecule has 0 bridgehead atoms. The molecule has 142 valence electrons. The van der Waals surface area contributed by atoms with Crippen LogP contribution in [0.2, 0.25) is 0 Å². The van der Waals surface area contributed by atoms with Crippen molar-refractivity contribution in [3.8, 4) is 0 Å². The van der Waals surface area contributed by atoms with Gasteiger partial charge in [0.2, 0.25) is 17.7 Å². The number of hydrogen-bond donors (Lipinski definition) is 1. The number of rotatable bonds is 5. The number of nitrogens with zero attached hydrogens (tertiary/aromatic N) is 2. The Kier molecular flexibility index (Phi) is 6.12. The molecule has 0 spiro atoms. The van der Waals surface area contributed by atoms with Crippen LogP contribution in [0.4, 0.5) is 0 Å². The summed E-state index contributed by atoms with van der Waals surface area (Å²) < 4.78 is 0. The summed E-state index contributed by atoms with van der Waals surface area (Å²) in [6.45, 7) is 11.2. The molecule has 1 atom stereocenters. The molecule has 2 aliphatic rings. The molecule has 0 radical (unpaired) electrons. The minimum absolute atomic E-state index is 0.0496. The van der Waals surface area contributed by atoms with Crippen molar-refractivity contribution in [3.63, 3.8) is 0 Å². The van der Waals surface area contributed by atoms with Gasteiger partial charge in [0.05, 0.1) is 0 Å². The molecule has 25 heavy (non-hydrogen) atoms. The van der Waals surface area contributed by atoms with Crippen LogP contribution in [0.15, 0.2) is 0 Å². The number of carbonyl (C=O) groups excluding carboxylic acids is 3. The average molecular weight is 351 g/mol. The zero-order chi connectivity index (χ0) is 18.8.